The molecule has 26 heavy (non-hydrogen) atoms. The number of carbonyl (C=O) groups is 2. The molecule has 0 aliphatic carbocycles. The van der Waals surface area contributed by atoms with Gasteiger partial charge in [0.05, 0.1) is 10.8 Å². The molecule has 8 nitrogen and oxygen atoms in total. The van der Waals surface area contributed by atoms with Crippen molar-refractivity contribution in [2.24, 2.45) is 11.8 Å². The molecule has 0 bridgehead atoms. The zero-order valence-corrected chi connectivity index (χ0v) is 13.5. The van der Waals surface area contributed by atoms with Crippen LogP contribution in [0.25, 0.3) is 0 Å². The third-order valence-corrected chi connectivity index (χ3v) is 4.01. The highest BCUT2D eigenvalue weighted by molar-refractivity contribution is 5.99. The Bertz CT molecular complexity index is 737. The molecule has 1 N–H and O–H groups in total. The normalized spacial score (nSPS) is 20.1. The summed E-state index contributed by atoms with van der Waals surface area (Å²) in [5.74, 6) is -3.45. The number of likely N-dealkylation sites (tertiary alicyclic amines) is 1. The number of carboxylic acids is 1. The Balaban J connectivity index is 2.29. The molecule has 1 aromatic rings. The Hall–Kier alpha value is -2.85. The topological polar surface area (TPSA) is 110 Å². The number of nitro groups is 1. The van der Waals surface area contributed by atoms with E-state index in [0.717, 1.165) is 23.1 Å². The molecule has 0 radical (unpaired) electrons. The summed E-state index contributed by atoms with van der Waals surface area (Å²) in [5.41, 5.74) is -1.05. The minimum atomic E-state index is -4.61. The van der Waals surface area contributed by atoms with Crippen LogP contribution in [0.15, 0.2) is 18.2 Å². The second-order valence-electron chi connectivity index (χ2n) is 5.97. The zero-order valence-electron chi connectivity index (χ0n) is 13.5. The third-order valence-electron chi connectivity index (χ3n) is 4.01. The lowest BCUT2D eigenvalue weighted by atomic mass is 9.99. The number of carbonyl (C=O) groups excluding carboxylic acids is 1. The highest BCUT2D eigenvalue weighted by atomic mass is 19.4. The van der Waals surface area contributed by atoms with Crippen molar-refractivity contribution < 1.29 is 37.5 Å². The molecular weight excluding hydrogens is 361 g/mol. The Morgan fingerprint density at radius 3 is 2.54 bits per heavy atom. The van der Waals surface area contributed by atoms with Crippen LogP contribution in [0.2, 0.25) is 0 Å². The van der Waals surface area contributed by atoms with Crippen LogP contribution in [0.4, 0.5) is 18.9 Å². The summed E-state index contributed by atoms with van der Waals surface area (Å²) in [7, 11) is 0. The molecule has 1 fully saturated rings. The fraction of sp³-hybridized carbons (Fsp3) is 0.467. The molecule has 0 spiro atoms. The first-order chi connectivity index (χ1) is 12.0. The number of benzene rings is 1. The third kappa shape index (κ3) is 4.41. The standard InChI is InChI=1S/C15H15F3N2O6/c1-8-5-19(6-11(8)14(22)23)13(21)10-4-9(26-7-15(16,17)18)2-3-12(10)20(24)25/h2-4,8,11H,5-7H2,1H3,(H,22,23)/t8-,11-/m1/s1. The summed E-state index contributed by atoms with van der Waals surface area (Å²) < 4.78 is 41.3. The number of nitro benzene ring substituents is 1. The summed E-state index contributed by atoms with van der Waals surface area (Å²) in [5, 5.41) is 20.2. The van der Waals surface area contributed by atoms with Crippen LogP contribution in [0, 0.1) is 22.0 Å². The number of carboxylic acid groups (broad SMARTS) is 1. The van der Waals surface area contributed by atoms with Gasteiger partial charge >= 0.3 is 12.1 Å². The second kappa shape index (κ2) is 7.18. The summed E-state index contributed by atoms with van der Waals surface area (Å²) in [4.78, 5) is 35.2. The van der Waals surface area contributed by atoms with Gasteiger partial charge in [-0.05, 0) is 18.1 Å². The molecule has 142 valence electrons. The number of halogens is 3. The number of nitrogens with zero attached hydrogens (tertiary/aromatic N) is 2. The highest BCUT2D eigenvalue weighted by Gasteiger charge is 2.39. The van der Waals surface area contributed by atoms with Crippen molar-refractivity contribution in [3.63, 3.8) is 0 Å². The average molecular weight is 376 g/mol. The Morgan fingerprint density at radius 2 is 2.04 bits per heavy atom. The van der Waals surface area contributed by atoms with Gasteiger partial charge in [-0.3, -0.25) is 19.7 Å². The molecule has 1 aliphatic rings. The fourth-order valence-corrected chi connectivity index (χ4v) is 2.73. The molecule has 1 amide bonds. The highest BCUT2D eigenvalue weighted by Crippen LogP contribution is 2.30. The zero-order chi connectivity index (χ0) is 19.6. The number of amides is 1. The van der Waals surface area contributed by atoms with E-state index in [1.54, 1.807) is 6.92 Å². The van der Waals surface area contributed by atoms with Crippen molar-refractivity contribution in [3.8, 4) is 5.75 Å². The minimum absolute atomic E-state index is 0.0700. The van der Waals surface area contributed by atoms with Crippen LogP contribution in [-0.2, 0) is 4.79 Å². The lowest BCUT2D eigenvalue weighted by molar-refractivity contribution is -0.385. The number of rotatable bonds is 5. The van der Waals surface area contributed by atoms with E-state index in [1.165, 1.54) is 0 Å². The van der Waals surface area contributed by atoms with E-state index >= 15 is 0 Å². The van der Waals surface area contributed by atoms with Crippen LogP contribution >= 0.6 is 0 Å². The smallest absolute Gasteiger partial charge is 0.422 e. The molecule has 0 aromatic heterocycles. The predicted octanol–water partition coefficient (Wildman–Crippen LogP) is 2.33. The van der Waals surface area contributed by atoms with Gasteiger partial charge in [-0.15, -0.1) is 0 Å². The van der Waals surface area contributed by atoms with Gasteiger partial charge in [-0.1, -0.05) is 6.92 Å². The van der Waals surface area contributed by atoms with Gasteiger partial charge in [-0.25, -0.2) is 0 Å². The first-order valence-corrected chi connectivity index (χ1v) is 7.49. The van der Waals surface area contributed by atoms with E-state index in [2.05, 4.69) is 4.74 Å². The molecule has 2 atom stereocenters. The SMILES string of the molecule is C[C@@H]1CN(C(=O)c2cc(OCC(F)(F)F)ccc2[N+](=O)[O-])C[C@H]1C(=O)O. The van der Waals surface area contributed by atoms with Gasteiger partial charge in [0.25, 0.3) is 11.6 Å². The van der Waals surface area contributed by atoms with Crippen molar-refractivity contribution >= 4 is 17.6 Å². The van der Waals surface area contributed by atoms with Crippen LogP contribution in [0.3, 0.4) is 0 Å². The van der Waals surface area contributed by atoms with Gasteiger partial charge in [0.1, 0.15) is 11.3 Å². The predicted molar refractivity (Wildman–Crippen MR) is 80.8 cm³/mol. The van der Waals surface area contributed by atoms with E-state index in [9.17, 15) is 32.9 Å². The maximum Gasteiger partial charge on any atom is 0.422 e. The van der Waals surface area contributed by atoms with Crippen molar-refractivity contribution in [1.29, 1.82) is 0 Å². The van der Waals surface area contributed by atoms with Crippen LogP contribution in [-0.4, -0.2) is 52.7 Å². The second-order valence-corrected chi connectivity index (χ2v) is 5.97. The van der Waals surface area contributed by atoms with Crippen molar-refractivity contribution in [1.82, 2.24) is 4.90 Å². The van der Waals surface area contributed by atoms with E-state index in [1.807, 2.05) is 0 Å². The van der Waals surface area contributed by atoms with E-state index < -0.39 is 46.8 Å². The number of hydrogen-bond donors (Lipinski definition) is 1. The van der Waals surface area contributed by atoms with Gasteiger partial charge in [0.15, 0.2) is 6.61 Å². The lowest BCUT2D eigenvalue weighted by Crippen LogP contribution is -2.30. The largest absolute Gasteiger partial charge is 0.484 e. The van der Waals surface area contributed by atoms with E-state index in [-0.39, 0.29) is 24.8 Å². The number of aliphatic carboxylic acids is 1. The molecule has 1 saturated heterocycles. The fourth-order valence-electron chi connectivity index (χ4n) is 2.73. The van der Waals surface area contributed by atoms with Gasteiger partial charge < -0.3 is 14.7 Å². The molecule has 0 unspecified atom stereocenters. The monoisotopic (exact) mass is 376 g/mol. The first kappa shape index (κ1) is 19.5. The molecule has 11 heteroatoms. The summed E-state index contributed by atoms with van der Waals surface area (Å²) >= 11 is 0. The maximum atomic E-state index is 12.6. The van der Waals surface area contributed by atoms with E-state index in [4.69, 9.17) is 5.11 Å². The number of alkyl halides is 3. The molecular formula is C15H15F3N2O6. The Labute approximate surface area is 145 Å². The Kier molecular flexibility index (Phi) is 5.38. The van der Waals surface area contributed by atoms with Gasteiger partial charge in [0.2, 0.25) is 0 Å². The molecule has 1 aliphatic heterocycles. The summed E-state index contributed by atoms with van der Waals surface area (Å²) in [6.45, 7) is -0.0513. The summed E-state index contributed by atoms with van der Waals surface area (Å²) in [6.07, 6.45) is -4.61. The van der Waals surface area contributed by atoms with Crippen molar-refractivity contribution in [2.45, 2.75) is 13.1 Å². The lowest BCUT2D eigenvalue weighted by Gasteiger charge is -2.17. The molecule has 1 aromatic carbocycles. The van der Waals surface area contributed by atoms with Crippen LogP contribution < -0.4 is 4.74 Å². The minimum Gasteiger partial charge on any atom is -0.484 e. The first-order valence-electron chi connectivity index (χ1n) is 7.49. The van der Waals surface area contributed by atoms with Crippen molar-refractivity contribution in [2.75, 3.05) is 19.7 Å². The van der Waals surface area contributed by atoms with Gasteiger partial charge in [0, 0.05) is 19.2 Å². The van der Waals surface area contributed by atoms with Gasteiger partial charge in [-0.2, -0.15) is 13.2 Å². The average Bonchev–Trinajstić information content (AvgIpc) is 2.93. The number of hydrogen-bond acceptors (Lipinski definition) is 5. The summed E-state index contributed by atoms with van der Waals surface area (Å²) in [6, 6.07) is 2.71. The maximum absolute atomic E-state index is 12.6. The van der Waals surface area contributed by atoms with Crippen LogP contribution in [0.1, 0.15) is 17.3 Å². The molecule has 0 saturated carbocycles. The van der Waals surface area contributed by atoms with E-state index in [0.29, 0.717) is 0 Å². The van der Waals surface area contributed by atoms with Crippen LogP contribution in [0.5, 0.6) is 5.75 Å². The quantitative estimate of drug-likeness (QED) is 0.624. The molecule has 2 rings (SSSR count). The van der Waals surface area contributed by atoms with Crippen molar-refractivity contribution in [3.05, 3.63) is 33.9 Å². The Morgan fingerprint density at radius 1 is 1.38 bits per heavy atom. The molecule has 1 heterocycles. The number of ether oxygens (including phenoxy) is 1.